The Morgan fingerprint density at radius 3 is 2.86 bits per heavy atom. The molecule has 0 unspecified atom stereocenters. The van der Waals surface area contributed by atoms with E-state index >= 15 is 0 Å². The normalized spacial score (nSPS) is 16.7. The smallest absolute Gasteiger partial charge is 0.415 e. The van der Waals surface area contributed by atoms with Gasteiger partial charge in [-0.2, -0.15) is 5.10 Å². The number of anilines is 3. The SMILES string of the molecule is Cn1nccc1Nc1nccc(-c2cc3c4c(c2)C(C)(C)OC(=O)N4CC3)n1. The average Bonchev–Trinajstić information content (AvgIpc) is 3.26. The summed E-state index contributed by atoms with van der Waals surface area (Å²) < 4.78 is 7.39. The summed E-state index contributed by atoms with van der Waals surface area (Å²) >= 11 is 0. The van der Waals surface area contributed by atoms with E-state index in [1.807, 2.05) is 33.0 Å². The summed E-state index contributed by atoms with van der Waals surface area (Å²) in [7, 11) is 1.85. The number of carbonyl (C=O) groups excluding carboxylic acids is 1. The number of nitrogens with zero attached hydrogens (tertiary/aromatic N) is 5. The van der Waals surface area contributed by atoms with E-state index in [9.17, 15) is 4.79 Å². The van der Waals surface area contributed by atoms with E-state index in [4.69, 9.17) is 4.74 Å². The molecule has 3 aromatic rings. The molecule has 2 aromatic heterocycles. The lowest BCUT2D eigenvalue weighted by Crippen LogP contribution is -2.41. The van der Waals surface area contributed by atoms with Crippen LogP contribution in [0.15, 0.2) is 36.7 Å². The van der Waals surface area contributed by atoms with E-state index in [0.29, 0.717) is 12.5 Å². The predicted octanol–water partition coefficient (Wildman–Crippen LogP) is 3.37. The maximum absolute atomic E-state index is 12.3. The van der Waals surface area contributed by atoms with E-state index in [-0.39, 0.29) is 6.09 Å². The van der Waals surface area contributed by atoms with Gasteiger partial charge >= 0.3 is 6.09 Å². The van der Waals surface area contributed by atoms with Gasteiger partial charge in [0.1, 0.15) is 11.4 Å². The Kier molecular flexibility index (Phi) is 3.46. The quantitative estimate of drug-likeness (QED) is 0.754. The number of cyclic esters (lactones) is 1. The molecule has 2 aliphatic heterocycles. The Hall–Kier alpha value is -3.42. The minimum atomic E-state index is -0.680. The van der Waals surface area contributed by atoms with Gasteiger partial charge in [-0.1, -0.05) is 0 Å². The second-order valence-electron chi connectivity index (χ2n) is 7.54. The van der Waals surface area contributed by atoms with Crippen LogP contribution in [0.25, 0.3) is 11.3 Å². The summed E-state index contributed by atoms with van der Waals surface area (Å²) in [5, 5.41) is 7.33. The number of nitrogens with one attached hydrogen (secondary N) is 1. The summed E-state index contributed by atoms with van der Waals surface area (Å²) in [5.74, 6) is 1.31. The number of rotatable bonds is 3. The van der Waals surface area contributed by atoms with Crippen molar-refractivity contribution in [1.29, 1.82) is 0 Å². The molecular formula is C20H20N6O2. The van der Waals surface area contributed by atoms with Crippen LogP contribution < -0.4 is 10.2 Å². The summed E-state index contributed by atoms with van der Waals surface area (Å²) in [6.45, 7) is 4.50. The summed E-state index contributed by atoms with van der Waals surface area (Å²) in [5.41, 5.74) is 4.27. The molecule has 0 saturated heterocycles. The number of aryl methyl sites for hydroxylation is 1. The van der Waals surface area contributed by atoms with Crippen molar-refractivity contribution in [1.82, 2.24) is 19.7 Å². The van der Waals surface area contributed by atoms with E-state index in [1.165, 1.54) is 0 Å². The lowest BCUT2D eigenvalue weighted by Gasteiger charge is -2.36. The van der Waals surface area contributed by atoms with Crippen LogP contribution in [0.2, 0.25) is 0 Å². The highest BCUT2D eigenvalue weighted by Crippen LogP contribution is 2.45. The summed E-state index contributed by atoms with van der Waals surface area (Å²) in [6.07, 6.45) is 3.99. The van der Waals surface area contributed by atoms with E-state index < -0.39 is 5.60 Å². The number of hydrogen-bond donors (Lipinski definition) is 1. The molecule has 0 fully saturated rings. The highest BCUT2D eigenvalue weighted by molar-refractivity contribution is 5.95. The molecule has 0 aliphatic carbocycles. The topological polar surface area (TPSA) is 85.2 Å². The van der Waals surface area contributed by atoms with Gasteiger partial charge in [-0.3, -0.25) is 9.58 Å². The van der Waals surface area contributed by atoms with Crippen molar-refractivity contribution in [3.63, 3.8) is 0 Å². The largest absolute Gasteiger partial charge is 0.438 e. The van der Waals surface area contributed by atoms with Crippen LogP contribution in [0.4, 0.5) is 22.2 Å². The molecule has 0 bridgehead atoms. The monoisotopic (exact) mass is 376 g/mol. The van der Waals surface area contributed by atoms with Crippen LogP contribution >= 0.6 is 0 Å². The van der Waals surface area contributed by atoms with Gasteiger partial charge in [0.25, 0.3) is 0 Å². The molecule has 0 atom stereocenters. The van der Waals surface area contributed by atoms with Crippen LogP contribution in [-0.2, 0) is 23.8 Å². The fourth-order valence-electron chi connectivity index (χ4n) is 3.86. The maximum atomic E-state index is 12.3. The highest BCUT2D eigenvalue weighted by Gasteiger charge is 2.42. The van der Waals surface area contributed by atoms with Gasteiger partial charge in [0.05, 0.1) is 17.6 Å². The molecule has 0 radical (unpaired) electrons. The van der Waals surface area contributed by atoms with Gasteiger partial charge in [0.15, 0.2) is 0 Å². The molecule has 28 heavy (non-hydrogen) atoms. The number of hydrogen-bond acceptors (Lipinski definition) is 6. The van der Waals surface area contributed by atoms with Crippen molar-refractivity contribution in [3.05, 3.63) is 47.8 Å². The van der Waals surface area contributed by atoms with Crippen molar-refractivity contribution < 1.29 is 9.53 Å². The molecule has 0 saturated carbocycles. The first-order valence-electron chi connectivity index (χ1n) is 9.19. The fraction of sp³-hybridized carbons (Fsp3) is 0.300. The Bertz CT molecular complexity index is 1100. The molecule has 1 aromatic carbocycles. The Morgan fingerprint density at radius 1 is 1.21 bits per heavy atom. The van der Waals surface area contributed by atoms with E-state index in [1.54, 1.807) is 22.0 Å². The first kappa shape index (κ1) is 16.7. The van der Waals surface area contributed by atoms with Gasteiger partial charge in [0.2, 0.25) is 5.95 Å². The molecule has 2 aliphatic rings. The van der Waals surface area contributed by atoms with Crippen molar-refractivity contribution in [2.75, 3.05) is 16.8 Å². The van der Waals surface area contributed by atoms with Crippen LogP contribution in [0.5, 0.6) is 0 Å². The molecule has 1 amide bonds. The maximum Gasteiger partial charge on any atom is 0.415 e. The average molecular weight is 376 g/mol. The number of amides is 1. The number of aromatic nitrogens is 4. The third kappa shape index (κ3) is 2.52. The Balaban J connectivity index is 1.57. The third-order valence-electron chi connectivity index (χ3n) is 5.29. The third-order valence-corrected chi connectivity index (χ3v) is 5.29. The first-order chi connectivity index (χ1) is 13.4. The van der Waals surface area contributed by atoms with Gasteiger partial charge in [0, 0.05) is 37.0 Å². The van der Waals surface area contributed by atoms with Crippen LogP contribution in [-0.4, -0.2) is 32.4 Å². The lowest BCUT2D eigenvalue weighted by molar-refractivity contribution is 0.0359. The van der Waals surface area contributed by atoms with Crippen molar-refractivity contribution >= 4 is 23.5 Å². The Labute approximate surface area is 162 Å². The summed E-state index contributed by atoms with van der Waals surface area (Å²) in [6, 6.07) is 7.93. The minimum absolute atomic E-state index is 0.270. The first-order valence-corrected chi connectivity index (χ1v) is 9.19. The zero-order valence-corrected chi connectivity index (χ0v) is 15.9. The standard InChI is InChI=1S/C20H20N6O2/c1-20(2)14-11-13(10-12-6-9-26(17(12)14)19(27)28-20)15-4-7-21-18(23-15)24-16-5-8-22-25(16)3/h4-5,7-8,10-11H,6,9H2,1-3H3,(H,21,23,24). The van der Waals surface area contributed by atoms with Crippen molar-refractivity contribution in [2.45, 2.75) is 25.9 Å². The van der Waals surface area contributed by atoms with Crippen molar-refractivity contribution in [3.8, 4) is 11.3 Å². The second kappa shape index (κ2) is 5.79. The zero-order valence-electron chi connectivity index (χ0n) is 15.9. The fourth-order valence-corrected chi connectivity index (χ4v) is 3.86. The van der Waals surface area contributed by atoms with E-state index in [2.05, 4.69) is 32.5 Å². The van der Waals surface area contributed by atoms with Crippen LogP contribution in [0.3, 0.4) is 0 Å². The Morgan fingerprint density at radius 2 is 2.07 bits per heavy atom. The predicted molar refractivity (Wildman–Crippen MR) is 105 cm³/mol. The lowest BCUT2D eigenvalue weighted by atomic mass is 9.90. The summed E-state index contributed by atoms with van der Waals surface area (Å²) in [4.78, 5) is 23.0. The van der Waals surface area contributed by atoms with Gasteiger partial charge in [-0.25, -0.2) is 14.8 Å². The minimum Gasteiger partial charge on any atom is -0.438 e. The van der Waals surface area contributed by atoms with Crippen LogP contribution in [0.1, 0.15) is 25.0 Å². The highest BCUT2D eigenvalue weighted by atomic mass is 16.6. The van der Waals surface area contributed by atoms with Gasteiger partial charge in [-0.15, -0.1) is 0 Å². The van der Waals surface area contributed by atoms with Gasteiger partial charge < -0.3 is 10.1 Å². The molecule has 1 N–H and O–H groups in total. The molecule has 142 valence electrons. The molecule has 8 nitrogen and oxygen atoms in total. The second-order valence-corrected chi connectivity index (χ2v) is 7.54. The molecule has 8 heteroatoms. The zero-order chi connectivity index (χ0) is 19.5. The molecular weight excluding hydrogens is 356 g/mol. The number of benzene rings is 1. The number of carbonyl (C=O) groups is 1. The van der Waals surface area contributed by atoms with E-state index in [0.717, 1.165) is 40.3 Å². The number of ether oxygens (including phenoxy) is 1. The molecule has 0 spiro atoms. The molecule has 4 heterocycles. The van der Waals surface area contributed by atoms with Gasteiger partial charge in [-0.05, 0) is 44.0 Å². The van der Waals surface area contributed by atoms with Crippen LogP contribution in [0, 0.1) is 0 Å². The molecule has 5 rings (SSSR count). The van der Waals surface area contributed by atoms with Crippen molar-refractivity contribution in [2.24, 2.45) is 7.05 Å².